The van der Waals surface area contributed by atoms with Crippen molar-refractivity contribution in [2.75, 3.05) is 13.2 Å². The number of hydrogen-bond donors (Lipinski definition) is 1. The maximum atomic E-state index is 11.7. The highest BCUT2D eigenvalue weighted by atomic mass is 16.5. The van der Waals surface area contributed by atoms with E-state index in [0.29, 0.717) is 25.3 Å². The molecule has 0 atom stereocenters. The molecule has 0 saturated heterocycles. The van der Waals surface area contributed by atoms with Crippen LogP contribution >= 0.6 is 0 Å². The normalized spacial score (nSPS) is 10.3. The Morgan fingerprint density at radius 1 is 1.32 bits per heavy atom. The molecule has 0 aromatic carbocycles. The van der Waals surface area contributed by atoms with Crippen molar-refractivity contribution < 1.29 is 13.9 Å². The summed E-state index contributed by atoms with van der Waals surface area (Å²) >= 11 is 0. The molecule has 0 spiro atoms. The Hall–Kier alpha value is -2.14. The number of nitrogens with zero attached hydrogens (tertiary/aromatic N) is 1. The van der Waals surface area contributed by atoms with Crippen LogP contribution in [0.3, 0.4) is 0 Å². The zero-order valence-corrected chi connectivity index (χ0v) is 10.5. The van der Waals surface area contributed by atoms with Crippen molar-refractivity contribution in [3.05, 3.63) is 54.2 Å². The first-order valence-corrected chi connectivity index (χ1v) is 6.14. The first-order valence-electron chi connectivity index (χ1n) is 6.14. The molecule has 2 aromatic rings. The molecule has 0 aliphatic carbocycles. The van der Waals surface area contributed by atoms with Gasteiger partial charge in [-0.2, -0.15) is 0 Å². The van der Waals surface area contributed by atoms with Crippen molar-refractivity contribution in [2.24, 2.45) is 0 Å². The number of nitrogens with one attached hydrogen (secondary N) is 1. The summed E-state index contributed by atoms with van der Waals surface area (Å²) in [6.07, 6.45) is 5.58. The smallest absolute Gasteiger partial charge is 0.251 e. The average molecular weight is 260 g/mol. The molecule has 0 aliphatic rings. The second-order valence-electron chi connectivity index (χ2n) is 3.98. The molecule has 0 unspecified atom stereocenters. The van der Waals surface area contributed by atoms with E-state index in [0.717, 1.165) is 12.2 Å². The maximum absolute atomic E-state index is 11.7. The van der Waals surface area contributed by atoms with Gasteiger partial charge >= 0.3 is 0 Å². The third-order valence-electron chi connectivity index (χ3n) is 2.52. The Kier molecular flexibility index (Phi) is 5.13. The average Bonchev–Trinajstić information content (AvgIpc) is 2.96. The molecule has 5 heteroatoms. The number of aromatic nitrogens is 1. The van der Waals surface area contributed by atoms with Crippen LogP contribution < -0.4 is 5.32 Å². The third kappa shape index (κ3) is 4.56. The van der Waals surface area contributed by atoms with Crippen LogP contribution in [0, 0.1) is 0 Å². The van der Waals surface area contributed by atoms with Crippen LogP contribution in [0.25, 0.3) is 0 Å². The predicted octanol–water partition coefficient (Wildman–Crippen LogP) is 2.01. The van der Waals surface area contributed by atoms with E-state index in [1.807, 2.05) is 12.1 Å². The molecule has 0 radical (unpaired) electrons. The summed E-state index contributed by atoms with van der Waals surface area (Å²) in [6.45, 7) is 1.63. The van der Waals surface area contributed by atoms with Crippen molar-refractivity contribution >= 4 is 5.91 Å². The van der Waals surface area contributed by atoms with Crippen LogP contribution in [0.2, 0.25) is 0 Å². The summed E-state index contributed by atoms with van der Waals surface area (Å²) in [5, 5.41) is 2.82. The lowest BCUT2D eigenvalue weighted by Crippen LogP contribution is -2.25. The van der Waals surface area contributed by atoms with E-state index >= 15 is 0 Å². The fraction of sp³-hybridized carbons (Fsp3) is 0.286. The summed E-state index contributed by atoms with van der Waals surface area (Å²) in [5.74, 6) is 0.717. The molecule has 2 heterocycles. The summed E-state index contributed by atoms with van der Waals surface area (Å²) in [5.41, 5.74) is 0.617. The minimum Gasteiger partial charge on any atom is -0.467 e. The molecule has 1 N–H and O–H groups in total. The molecule has 0 bridgehead atoms. The van der Waals surface area contributed by atoms with Crippen LogP contribution in [-0.4, -0.2) is 24.0 Å². The molecule has 100 valence electrons. The number of ether oxygens (including phenoxy) is 1. The van der Waals surface area contributed by atoms with Gasteiger partial charge in [0.1, 0.15) is 12.4 Å². The quantitative estimate of drug-likeness (QED) is 0.773. The maximum Gasteiger partial charge on any atom is 0.251 e. The minimum absolute atomic E-state index is 0.0894. The number of carbonyl (C=O) groups excluding carboxylic acids is 1. The van der Waals surface area contributed by atoms with E-state index in [2.05, 4.69) is 10.3 Å². The Bertz CT molecular complexity index is 483. The third-order valence-corrected chi connectivity index (χ3v) is 2.52. The first-order chi connectivity index (χ1) is 9.36. The summed E-state index contributed by atoms with van der Waals surface area (Å²) < 4.78 is 10.5. The predicted molar refractivity (Wildman–Crippen MR) is 69.6 cm³/mol. The first kappa shape index (κ1) is 13.3. The number of pyridine rings is 1. The Labute approximate surface area is 111 Å². The van der Waals surface area contributed by atoms with Crippen LogP contribution in [0.1, 0.15) is 22.5 Å². The number of hydrogen-bond acceptors (Lipinski definition) is 4. The van der Waals surface area contributed by atoms with Crippen LogP contribution in [0.4, 0.5) is 0 Å². The summed E-state index contributed by atoms with van der Waals surface area (Å²) in [7, 11) is 0. The number of furan rings is 1. The van der Waals surface area contributed by atoms with E-state index < -0.39 is 0 Å². The van der Waals surface area contributed by atoms with Crippen LogP contribution in [-0.2, 0) is 11.3 Å². The van der Waals surface area contributed by atoms with E-state index in [1.54, 1.807) is 30.8 Å². The molecular formula is C14H16N2O3. The lowest BCUT2D eigenvalue weighted by Gasteiger charge is -2.05. The lowest BCUT2D eigenvalue weighted by atomic mass is 10.2. The highest BCUT2D eigenvalue weighted by Crippen LogP contribution is 2.01. The van der Waals surface area contributed by atoms with Gasteiger partial charge in [0.25, 0.3) is 5.91 Å². The van der Waals surface area contributed by atoms with Crippen LogP contribution in [0.15, 0.2) is 47.3 Å². The topological polar surface area (TPSA) is 64.4 Å². The highest BCUT2D eigenvalue weighted by Gasteiger charge is 2.03. The molecule has 0 aliphatic heterocycles. The fourth-order valence-electron chi connectivity index (χ4n) is 1.55. The molecule has 0 fully saturated rings. The molecule has 1 amide bonds. The Morgan fingerprint density at radius 2 is 2.16 bits per heavy atom. The van der Waals surface area contributed by atoms with Gasteiger partial charge in [-0.1, -0.05) is 0 Å². The van der Waals surface area contributed by atoms with E-state index in [-0.39, 0.29) is 5.91 Å². The van der Waals surface area contributed by atoms with Crippen molar-refractivity contribution in [2.45, 2.75) is 13.0 Å². The van der Waals surface area contributed by atoms with Gasteiger partial charge in [0.15, 0.2) is 0 Å². The summed E-state index contributed by atoms with van der Waals surface area (Å²) in [6, 6.07) is 7.06. The van der Waals surface area contributed by atoms with Gasteiger partial charge in [-0.3, -0.25) is 9.78 Å². The molecule has 0 saturated carbocycles. The van der Waals surface area contributed by atoms with Gasteiger partial charge < -0.3 is 14.5 Å². The number of amides is 1. The van der Waals surface area contributed by atoms with Gasteiger partial charge in [0.05, 0.1) is 6.26 Å². The fourth-order valence-corrected chi connectivity index (χ4v) is 1.55. The number of carbonyl (C=O) groups is 1. The Morgan fingerprint density at radius 3 is 2.89 bits per heavy atom. The van der Waals surface area contributed by atoms with E-state index in [1.165, 1.54) is 0 Å². The second-order valence-corrected chi connectivity index (χ2v) is 3.98. The standard InChI is InChI=1S/C14H16N2O3/c17-14(12-4-7-15-8-5-12)16-6-2-9-18-11-13-3-1-10-19-13/h1,3-5,7-8,10H,2,6,9,11H2,(H,16,17). The zero-order valence-electron chi connectivity index (χ0n) is 10.5. The monoisotopic (exact) mass is 260 g/mol. The highest BCUT2D eigenvalue weighted by molar-refractivity contribution is 5.93. The van der Waals surface area contributed by atoms with Gasteiger partial charge in [0, 0.05) is 31.1 Å². The van der Waals surface area contributed by atoms with Gasteiger partial charge in [0.2, 0.25) is 0 Å². The largest absolute Gasteiger partial charge is 0.467 e. The molecular weight excluding hydrogens is 244 g/mol. The molecule has 19 heavy (non-hydrogen) atoms. The zero-order chi connectivity index (χ0) is 13.3. The lowest BCUT2D eigenvalue weighted by molar-refractivity contribution is 0.0917. The molecule has 5 nitrogen and oxygen atoms in total. The minimum atomic E-state index is -0.0894. The van der Waals surface area contributed by atoms with Gasteiger partial charge in [-0.15, -0.1) is 0 Å². The van der Waals surface area contributed by atoms with E-state index in [9.17, 15) is 4.79 Å². The number of rotatable bonds is 7. The summed E-state index contributed by atoms with van der Waals surface area (Å²) in [4.78, 5) is 15.5. The second kappa shape index (κ2) is 7.33. The van der Waals surface area contributed by atoms with Gasteiger partial charge in [-0.05, 0) is 30.7 Å². The van der Waals surface area contributed by atoms with Crippen molar-refractivity contribution in [1.82, 2.24) is 10.3 Å². The van der Waals surface area contributed by atoms with E-state index in [4.69, 9.17) is 9.15 Å². The van der Waals surface area contributed by atoms with Crippen molar-refractivity contribution in [1.29, 1.82) is 0 Å². The van der Waals surface area contributed by atoms with Crippen LogP contribution in [0.5, 0.6) is 0 Å². The SMILES string of the molecule is O=C(NCCCOCc1ccco1)c1ccncc1. The van der Waals surface area contributed by atoms with Crippen molar-refractivity contribution in [3.63, 3.8) is 0 Å². The Balaban J connectivity index is 1.56. The molecule has 2 rings (SSSR count). The van der Waals surface area contributed by atoms with Gasteiger partial charge in [-0.25, -0.2) is 0 Å². The molecule has 2 aromatic heterocycles. The van der Waals surface area contributed by atoms with Crippen molar-refractivity contribution in [3.8, 4) is 0 Å².